The molecule has 160 valence electrons. The molecule has 0 spiro atoms. The largest absolute Gasteiger partial charge is 0.357 e. The molecule has 2 aromatic heterocycles. The number of amidine groups is 1. The summed E-state index contributed by atoms with van der Waals surface area (Å²) in [5.41, 5.74) is 1.75. The van der Waals surface area contributed by atoms with Crippen molar-refractivity contribution in [3.63, 3.8) is 0 Å². The van der Waals surface area contributed by atoms with Crippen LogP contribution in [-0.2, 0) is 0 Å². The van der Waals surface area contributed by atoms with Crippen LogP contribution in [0.25, 0.3) is 22.8 Å². The molecule has 4 aromatic rings. The van der Waals surface area contributed by atoms with Crippen LogP contribution < -0.4 is 16.0 Å². The smallest absolute Gasteiger partial charge is 0.256 e. The first-order chi connectivity index (χ1) is 15.6. The number of aromatic nitrogens is 6. The number of nitrogens with zero attached hydrogens (tertiary/aromatic N) is 7. The number of hydrogen-bond acceptors (Lipinski definition) is 9. The molecule has 3 N–H and O–H groups in total. The van der Waals surface area contributed by atoms with E-state index in [4.69, 9.17) is 0 Å². The summed E-state index contributed by atoms with van der Waals surface area (Å²) in [4.78, 5) is 31.0. The molecule has 0 amide bonds. The van der Waals surface area contributed by atoms with Crippen molar-refractivity contribution in [1.29, 1.82) is 0 Å². The third-order valence-corrected chi connectivity index (χ3v) is 4.33. The third-order valence-electron chi connectivity index (χ3n) is 4.33. The van der Waals surface area contributed by atoms with Gasteiger partial charge in [-0.15, -0.1) is 0 Å². The maximum absolute atomic E-state index is 4.51. The van der Waals surface area contributed by atoms with Gasteiger partial charge in [0.05, 0.1) is 0 Å². The zero-order chi connectivity index (χ0) is 22.3. The number of benzene rings is 2. The van der Waals surface area contributed by atoms with Crippen molar-refractivity contribution in [2.24, 2.45) is 4.99 Å². The highest BCUT2D eigenvalue weighted by Crippen LogP contribution is 2.20. The molecule has 2 aromatic carbocycles. The van der Waals surface area contributed by atoms with Gasteiger partial charge >= 0.3 is 0 Å². The second-order valence-electron chi connectivity index (χ2n) is 6.64. The Labute approximate surface area is 185 Å². The summed E-state index contributed by atoms with van der Waals surface area (Å²) in [7, 11) is 3.50. The van der Waals surface area contributed by atoms with Gasteiger partial charge in [-0.1, -0.05) is 60.7 Å². The Kier molecular flexibility index (Phi) is 6.21. The molecule has 2 heterocycles. The van der Waals surface area contributed by atoms with Crippen LogP contribution in [0.5, 0.6) is 0 Å². The first kappa shape index (κ1) is 20.8. The van der Waals surface area contributed by atoms with E-state index < -0.39 is 0 Å². The third kappa shape index (κ3) is 4.98. The van der Waals surface area contributed by atoms with Crippen molar-refractivity contribution in [3.05, 3.63) is 60.7 Å². The Morgan fingerprint density at radius 3 is 1.69 bits per heavy atom. The Balaban J connectivity index is 1.64. The zero-order valence-corrected chi connectivity index (χ0v) is 17.9. The van der Waals surface area contributed by atoms with Crippen LogP contribution in [0.4, 0.5) is 23.8 Å². The lowest BCUT2D eigenvalue weighted by atomic mass is 10.2. The van der Waals surface area contributed by atoms with Gasteiger partial charge < -0.3 is 16.0 Å². The minimum atomic E-state index is 0.263. The lowest BCUT2D eigenvalue weighted by molar-refractivity contribution is 1.04. The van der Waals surface area contributed by atoms with Gasteiger partial charge in [0.15, 0.2) is 11.6 Å². The predicted octanol–water partition coefficient (Wildman–Crippen LogP) is 3.64. The molecule has 0 atom stereocenters. The van der Waals surface area contributed by atoms with Gasteiger partial charge in [-0.2, -0.15) is 34.9 Å². The molecule has 0 saturated heterocycles. The van der Waals surface area contributed by atoms with Gasteiger partial charge in [0.25, 0.3) is 5.95 Å². The number of nitrogens with one attached hydrogen (secondary N) is 3. The van der Waals surface area contributed by atoms with E-state index in [9.17, 15) is 0 Å². The van der Waals surface area contributed by atoms with Crippen molar-refractivity contribution in [3.8, 4) is 22.8 Å². The van der Waals surface area contributed by atoms with Gasteiger partial charge in [-0.3, -0.25) is 0 Å². The molecular weight excluding hydrogens is 404 g/mol. The second kappa shape index (κ2) is 9.56. The zero-order valence-electron chi connectivity index (χ0n) is 17.9. The highest BCUT2D eigenvalue weighted by molar-refractivity contribution is 5.93. The fraction of sp³-hybridized carbons (Fsp3) is 0.136. The minimum Gasteiger partial charge on any atom is -0.357 e. The van der Waals surface area contributed by atoms with Crippen LogP contribution in [0.1, 0.15) is 6.92 Å². The van der Waals surface area contributed by atoms with E-state index in [0.29, 0.717) is 35.3 Å². The van der Waals surface area contributed by atoms with Crippen LogP contribution in [0, 0.1) is 0 Å². The lowest BCUT2D eigenvalue weighted by Crippen LogP contribution is -2.13. The van der Waals surface area contributed by atoms with Crippen LogP contribution in [0.15, 0.2) is 65.7 Å². The summed E-state index contributed by atoms with van der Waals surface area (Å²) >= 11 is 0. The molecule has 0 saturated carbocycles. The van der Waals surface area contributed by atoms with E-state index in [-0.39, 0.29) is 5.95 Å². The van der Waals surface area contributed by atoms with Crippen molar-refractivity contribution in [2.45, 2.75) is 6.92 Å². The molecule has 0 aliphatic heterocycles. The molecule has 0 unspecified atom stereocenters. The van der Waals surface area contributed by atoms with Gasteiger partial charge in [-0.05, 0) is 6.92 Å². The SMILES string of the molecule is CNc1nc(N=C(C)Nc2nc(NC)nc(-c3ccccc3)n2)nc(-c2ccccc2)n1. The maximum atomic E-state index is 4.51. The number of anilines is 3. The molecule has 0 fully saturated rings. The highest BCUT2D eigenvalue weighted by atomic mass is 15.3. The molecular formula is C22H22N10. The fourth-order valence-electron chi connectivity index (χ4n) is 2.84. The van der Waals surface area contributed by atoms with E-state index in [1.807, 2.05) is 60.7 Å². The average Bonchev–Trinajstić information content (AvgIpc) is 2.84. The first-order valence-corrected chi connectivity index (χ1v) is 9.95. The molecule has 0 aliphatic rings. The van der Waals surface area contributed by atoms with Crippen LogP contribution >= 0.6 is 0 Å². The first-order valence-electron chi connectivity index (χ1n) is 9.95. The monoisotopic (exact) mass is 426 g/mol. The molecule has 32 heavy (non-hydrogen) atoms. The minimum absolute atomic E-state index is 0.263. The molecule has 0 radical (unpaired) electrons. The number of hydrogen-bond donors (Lipinski definition) is 3. The van der Waals surface area contributed by atoms with Crippen molar-refractivity contribution >= 4 is 29.6 Å². The summed E-state index contributed by atoms with van der Waals surface area (Å²) in [6.45, 7) is 1.79. The number of aliphatic imine (C=N–C) groups is 1. The van der Waals surface area contributed by atoms with Crippen LogP contribution in [0.2, 0.25) is 0 Å². The fourth-order valence-corrected chi connectivity index (χ4v) is 2.84. The highest BCUT2D eigenvalue weighted by Gasteiger charge is 2.10. The van der Waals surface area contributed by atoms with E-state index in [1.54, 1.807) is 21.0 Å². The van der Waals surface area contributed by atoms with Gasteiger partial charge in [0.2, 0.25) is 17.8 Å². The Morgan fingerprint density at radius 2 is 1.12 bits per heavy atom. The maximum Gasteiger partial charge on any atom is 0.256 e. The van der Waals surface area contributed by atoms with E-state index in [0.717, 1.165) is 11.1 Å². The van der Waals surface area contributed by atoms with Crippen molar-refractivity contribution in [1.82, 2.24) is 29.9 Å². The van der Waals surface area contributed by atoms with Gasteiger partial charge in [0, 0.05) is 25.2 Å². The summed E-state index contributed by atoms with van der Waals surface area (Å²) in [6.07, 6.45) is 0. The van der Waals surface area contributed by atoms with Gasteiger partial charge in [-0.25, -0.2) is 0 Å². The van der Waals surface area contributed by atoms with Crippen molar-refractivity contribution < 1.29 is 0 Å². The average molecular weight is 426 g/mol. The Hall–Kier alpha value is -4.47. The van der Waals surface area contributed by atoms with E-state index >= 15 is 0 Å². The molecule has 10 heteroatoms. The molecule has 10 nitrogen and oxygen atoms in total. The van der Waals surface area contributed by atoms with Crippen molar-refractivity contribution in [2.75, 3.05) is 30.0 Å². The molecule has 0 bridgehead atoms. The predicted molar refractivity (Wildman–Crippen MR) is 126 cm³/mol. The summed E-state index contributed by atoms with van der Waals surface area (Å²) < 4.78 is 0. The summed E-state index contributed by atoms with van der Waals surface area (Å²) in [5, 5.41) is 9.00. The molecule has 0 aliphatic carbocycles. The second-order valence-corrected chi connectivity index (χ2v) is 6.64. The number of rotatable bonds is 6. The summed E-state index contributed by atoms with van der Waals surface area (Å²) in [5.74, 6) is 3.08. The summed E-state index contributed by atoms with van der Waals surface area (Å²) in [6, 6.07) is 19.3. The van der Waals surface area contributed by atoms with E-state index in [2.05, 4.69) is 50.8 Å². The van der Waals surface area contributed by atoms with E-state index in [1.165, 1.54) is 0 Å². The quantitative estimate of drug-likeness (QED) is 0.313. The molecule has 4 rings (SSSR count). The standard InChI is InChI=1S/C22H22N10/c1-14(25-21-29-17(27-19(23-2)31-21)15-10-6-4-7-11-15)26-22-30-18(28-20(24-3)32-22)16-12-8-5-9-13-16/h4-13H,1-3H3,(H3,23,24,25,26,27,28,29,30,31,32). The Morgan fingerprint density at radius 1 is 0.625 bits per heavy atom. The van der Waals surface area contributed by atoms with Crippen LogP contribution in [0.3, 0.4) is 0 Å². The van der Waals surface area contributed by atoms with Gasteiger partial charge in [0.1, 0.15) is 5.84 Å². The Bertz CT molecular complexity index is 1230. The normalized spacial score (nSPS) is 11.2. The van der Waals surface area contributed by atoms with Crippen LogP contribution in [-0.4, -0.2) is 49.8 Å². The topological polar surface area (TPSA) is 126 Å². The lowest BCUT2D eigenvalue weighted by Gasteiger charge is -2.09.